The number of carbonyl (C=O) groups is 1. The summed E-state index contributed by atoms with van der Waals surface area (Å²) in [5.74, 6) is -0.496. The molecule has 0 aliphatic heterocycles. The molecule has 0 fully saturated rings. The number of carbonyl (C=O) groups excluding carboxylic acids is 1. The number of rotatable bonds is 5. The Morgan fingerprint density at radius 3 is 2.30 bits per heavy atom. The molecule has 0 atom stereocenters. The summed E-state index contributed by atoms with van der Waals surface area (Å²) < 4.78 is 0. The van der Waals surface area contributed by atoms with Crippen molar-refractivity contribution in [3.8, 4) is 22.4 Å². The van der Waals surface area contributed by atoms with Crippen molar-refractivity contribution < 1.29 is 4.79 Å². The van der Waals surface area contributed by atoms with Gasteiger partial charge < -0.3 is 10.3 Å². The Morgan fingerprint density at radius 1 is 0.838 bits per heavy atom. The molecule has 6 heteroatoms. The molecule has 1 amide bonds. The van der Waals surface area contributed by atoms with E-state index in [-0.39, 0.29) is 5.56 Å². The predicted octanol–water partition coefficient (Wildman–Crippen LogP) is 6.55. The molecule has 6 rings (SSSR count). The van der Waals surface area contributed by atoms with Gasteiger partial charge in [-0.25, -0.2) is 5.10 Å². The number of aryl methyl sites for hydroxylation is 1. The number of H-pyrrole nitrogens is 2. The Balaban J connectivity index is 1.46. The smallest absolute Gasteiger partial charge is 0.277 e. The summed E-state index contributed by atoms with van der Waals surface area (Å²) >= 11 is 0. The fraction of sp³-hybridized carbons (Fsp3) is 0.0645. The van der Waals surface area contributed by atoms with Crippen molar-refractivity contribution >= 4 is 33.4 Å². The van der Waals surface area contributed by atoms with Gasteiger partial charge in [0.15, 0.2) is 0 Å². The molecule has 0 aliphatic rings. The predicted molar refractivity (Wildman–Crippen MR) is 149 cm³/mol. The Bertz CT molecular complexity index is 1820. The lowest BCUT2D eigenvalue weighted by Gasteiger charge is -2.14. The van der Waals surface area contributed by atoms with E-state index in [1.807, 2.05) is 78.9 Å². The number of para-hydroxylation sites is 1. The van der Waals surface area contributed by atoms with Crippen LogP contribution < -0.4 is 10.9 Å². The van der Waals surface area contributed by atoms with Crippen LogP contribution in [0.1, 0.15) is 22.8 Å². The SMILES string of the molecule is CCc1cccc2c1[nH]c1cc(NC(=O)c3c(-c4ccccc4)c(-c4ccccc4)n[nH]c3=O)ccc12. The van der Waals surface area contributed by atoms with Crippen molar-refractivity contribution in [2.45, 2.75) is 13.3 Å². The molecule has 2 heterocycles. The molecule has 6 aromatic rings. The summed E-state index contributed by atoms with van der Waals surface area (Å²) in [5, 5.41) is 12.0. The second-order valence-corrected chi connectivity index (χ2v) is 8.92. The minimum Gasteiger partial charge on any atom is -0.354 e. The summed E-state index contributed by atoms with van der Waals surface area (Å²) in [6.45, 7) is 2.13. The van der Waals surface area contributed by atoms with Gasteiger partial charge in [0.05, 0.1) is 5.69 Å². The lowest BCUT2D eigenvalue weighted by atomic mass is 9.95. The third kappa shape index (κ3) is 3.98. The highest BCUT2D eigenvalue weighted by Crippen LogP contribution is 2.33. The van der Waals surface area contributed by atoms with Crippen LogP contribution in [0.25, 0.3) is 44.2 Å². The van der Waals surface area contributed by atoms with E-state index >= 15 is 0 Å². The number of anilines is 1. The van der Waals surface area contributed by atoms with Crippen LogP contribution in [0, 0.1) is 0 Å². The highest BCUT2D eigenvalue weighted by atomic mass is 16.2. The minimum absolute atomic E-state index is 0.0186. The second kappa shape index (κ2) is 9.24. The van der Waals surface area contributed by atoms with Crippen molar-refractivity contribution in [2.24, 2.45) is 0 Å². The van der Waals surface area contributed by atoms with E-state index in [1.165, 1.54) is 5.56 Å². The Labute approximate surface area is 213 Å². The minimum atomic E-state index is -0.546. The quantitative estimate of drug-likeness (QED) is 0.259. The number of amides is 1. The number of hydrogen-bond acceptors (Lipinski definition) is 3. The summed E-state index contributed by atoms with van der Waals surface area (Å²) in [4.78, 5) is 30.2. The van der Waals surface area contributed by atoms with Crippen LogP contribution >= 0.6 is 0 Å². The molecule has 0 aliphatic carbocycles. The molecule has 0 radical (unpaired) electrons. The maximum Gasteiger partial charge on any atom is 0.277 e. The van der Waals surface area contributed by atoms with Gasteiger partial charge in [0.1, 0.15) is 5.56 Å². The van der Waals surface area contributed by atoms with E-state index in [4.69, 9.17) is 0 Å². The zero-order valence-electron chi connectivity index (χ0n) is 20.2. The van der Waals surface area contributed by atoms with Gasteiger partial charge in [-0.1, -0.05) is 91.9 Å². The van der Waals surface area contributed by atoms with Gasteiger partial charge in [-0.3, -0.25) is 9.59 Å². The average molecular weight is 485 g/mol. The highest BCUT2D eigenvalue weighted by molar-refractivity contribution is 6.13. The fourth-order valence-electron chi connectivity index (χ4n) is 4.91. The van der Waals surface area contributed by atoms with Crippen LogP contribution in [0.2, 0.25) is 0 Å². The summed E-state index contributed by atoms with van der Waals surface area (Å²) in [6.07, 6.45) is 0.921. The van der Waals surface area contributed by atoms with Crippen molar-refractivity contribution in [3.63, 3.8) is 0 Å². The number of nitrogens with one attached hydrogen (secondary N) is 3. The fourth-order valence-corrected chi connectivity index (χ4v) is 4.91. The number of aromatic nitrogens is 3. The third-order valence-electron chi connectivity index (χ3n) is 6.68. The lowest BCUT2D eigenvalue weighted by Crippen LogP contribution is -2.26. The first-order valence-corrected chi connectivity index (χ1v) is 12.2. The van der Waals surface area contributed by atoms with Gasteiger partial charge in [-0.15, -0.1) is 0 Å². The largest absolute Gasteiger partial charge is 0.354 e. The van der Waals surface area contributed by atoms with E-state index in [2.05, 4.69) is 45.6 Å². The summed E-state index contributed by atoms with van der Waals surface area (Å²) in [7, 11) is 0. The number of nitrogens with zero attached hydrogens (tertiary/aromatic N) is 1. The van der Waals surface area contributed by atoms with Gasteiger partial charge in [-0.05, 0) is 29.7 Å². The van der Waals surface area contributed by atoms with E-state index in [0.29, 0.717) is 16.9 Å². The van der Waals surface area contributed by atoms with Crippen molar-refractivity contribution in [3.05, 3.63) is 119 Å². The first-order chi connectivity index (χ1) is 18.1. The monoisotopic (exact) mass is 484 g/mol. The third-order valence-corrected chi connectivity index (χ3v) is 6.68. The number of fused-ring (bicyclic) bond motifs is 3. The lowest BCUT2D eigenvalue weighted by molar-refractivity contribution is 0.102. The van der Waals surface area contributed by atoms with Crippen LogP contribution in [0.3, 0.4) is 0 Å². The average Bonchev–Trinajstić information content (AvgIpc) is 3.31. The van der Waals surface area contributed by atoms with Gasteiger partial charge in [0, 0.05) is 38.6 Å². The first kappa shape index (κ1) is 22.5. The zero-order valence-corrected chi connectivity index (χ0v) is 20.2. The molecule has 2 aromatic heterocycles. The molecular formula is C31H24N4O2. The van der Waals surface area contributed by atoms with Crippen LogP contribution in [0.4, 0.5) is 5.69 Å². The van der Waals surface area contributed by atoms with Gasteiger partial charge >= 0.3 is 0 Å². The molecule has 0 unspecified atom stereocenters. The molecule has 0 saturated heterocycles. The van der Waals surface area contributed by atoms with Crippen molar-refractivity contribution in [2.75, 3.05) is 5.32 Å². The summed E-state index contributed by atoms with van der Waals surface area (Å²) in [6, 6.07) is 31.0. The molecule has 0 saturated carbocycles. The number of hydrogen-bond donors (Lipinski definition) is 3. The number of aromatic amines is 2. The normalized spacial score (nSPS) is 11.2. The topological polar surface area (TPSA) is 90.6 Å². The van der Waals surface area contributed by atoms with Crippen molar-refractivity contribution in [1.82, 2.24) is 15.2 Å². The van der Waals surface area contributed by atoms with Crippen LogP contribution in [-0.2, 0) is 6.42 Å². The highest BCUT2D eigenvalue weighted by Gasteiger charge is 2.23. The zero-order chi connectivity index (χ0) is 25.4. The molecule has 3 N–H and O–H groups in total. The molecule has 0 bridgehead atoms. The maximum atomic E-state index is 13.7. The van der Waals surface area contributed by atoms with Gasteiger partial charge in [-0.2, -0.15) is 5.10 Å². The van der Waals surface area contributed by atoms with E-state index < -0.39 is 11.5 Å². The van der Waals surface area contributed by atoms with Crippen LogP contribution in [0.5, 0.6) is 0 Å². The Morgan fingerprint density at radius 2 is 1.57 bits per heavy atom. The van der Waals surface area contributed by atoms with Crippen LogP contribution in [-0.4, -0.2) is 21.1 Å². The van der Waals surface area contributed by atoms with E-state index in [9.17, 15) is 9.59 Å². The Hall–Kier alpha value is -4.97. The second-order valence-electron chi connectivity index (χ2n) is 8.92. The van der Waals surface area contributed by atoms with Gasteiger partial charge in [0.2, 0.25) is 0 Å². The summed E-state index contributed by atoms with van der Waals surface area (Å²) in [5.41, 5.74) is 5.91. The molecule has 4 aromatic carbocycles. The van der Waals surface area contributed by atoms with Crippen LogP contribution in [0.15, 0.2) is 102 Å². The van der Waals surface area contributed by atoms with E-state index in [1.54, 1.807) is 0 Å². The molecule has 6 nitrogen and oxygen atoms in total. The standard InChI is InChI=1S/C31H24N4O2/c1-2-19-14-9-15-24-23-17-16-22(18-25(23)33-28(19)24)32-30(36)27-26(20-10-5-3-6-11-20)29(34-35-31(27)37)21-12-7-4-8-13-21/h3-18,33H,2H2,1H3,(H,32,36)(H,35,37). The van der Waals surface area contributed by atoms with E-state index in [0.717, 1.165) is 39.4 Å². The maximum absolute atomic E-state index is 13.7. The van der Waals surface area contributed by atoms with Gasteiger partial charge in [0.25, 0.3) is 11.5 Å². The molecule has 37 heavy (non-hydrogen) atoms. The Kier molecular flexibility index (Phi) is 5.62. The molecule has 180 valence electrons. The molecular weight excluding hydrogens is 460 g/mol. The number of benzene rings is 4. The first-order valence-electron chi connectivity index (χ1n) is 12.2. The van der Waals surface area contributed by atoms with Crippen molar-refractivity contribution in [1.29, 1.82) is 0 Å². The molecule has 0 spiro atoms.